The molecule has 0 bridgehead atoms. The molecular weight excluding hydrogens is 264 g/mol. The van der Waals surface area contributed by atoms with Gasteiger partial charge in [0.15, 0.2) is 0 Å². The predicted molar refractivity (Wildman–Crippen MR) is 63.9 cm³/mol. The normalized spacial score (nSPS) is 10.0. The van der Waals surface area contributed by atoms with Crippen LogP contribution in [-0.4, -0.2) is 16.6 Å². The highest BCUT2D eigenvalue weighted by molar-refractivity contribution is 9.10. The number of hydrogen-bond acceptors (Lipinski definition) is 3. The number of aromatic nitrogens is 1. The van der Waals surface area contributed by atoms with Crippen LogP contribution in [0.5, 0.6) is 0 Å². The Morgan fingerprint density at radius 3 is 2.79 bits per heavy atom. The number of hydrogen-bond donors (Lipinski definition) is 2. The molecule has 14 heavy (non-hydrogen) atoms. The molecule has 0 aliphatic carbocycles. The van der Waals surface area contributed by atoms with E-state index in [1.54, 1.807) is 0 Å². The van der Waals surface area contributed by atoms with Crippen LogP contribution < -0.4 is 5.32 Å². The lowest BCUT2D eigenvalue weighted by molar-refractivity contribution is -0.113. The number of amides is 1. The van der Waals surface area contributed by atoms with E-state index in [4.69, 9.17) is 0 Å². The van der Waals surface area contributed by atoms with Gasteiger partial charge in [-0.05, 0) is 41.4 Å². The maximum absolute atomic E-state index is 11.0. The Labute approximate surface area is 96.8 Å². The molecule has 3 nitrogen and oxygen atoms in total. The number of carbonyl (C=O) groups is 1. The molecule has 1 amide bonds. The minimum absolute atomic E-state index is 0.151. The number of halogens is 1. The number of nitrogens with zero attached hydrogens (tertiary/aromatic N) is 1. The minimum Gasteiger partial charge on any atom is -0.310 e. The molecule has 0 aliphatic heterocycles. The van der Waals surface area contributed by atoms with Crippen LogP contribution in [-0.2, 0) is 4.79 Å². The summed E-state index contributed by atoms with van der Waals surface area (Å²) in [5, 5.41) is 2.65. The largest absolute Gasteiger partial charge is 0.310 e. The number of anilines is 1. The quantitative estimate of drug-likeness (QED) is 0.813. The van der Waals surface area contributed by atoms with Crippen LogP contribution in [0.2, 0.25) is 0 Å². The van der Waals surface area contributed by atoms with Gasteiger partial charge in [0.1, 0.15) is 5.82 Å². The van der Waals surface area contributed by atoms with Gasteiger partial charge < -0.3 is 5.32 Å². The van der Waals surface area contributed by atoms with Crippen molar-refractivity contribution < 1.29 is 4.79 Å². The molecular formula is C9H11BrN2OS. The van der Waals surface area contributed by atoms with E-state index in [9.17, 15) is 4.79 Å². The number of aryl methyl sites for hydroxylation is 2. The van der Waals surface area contributed by atoms with Gasteiger partial charge in [-0.2, -0.15) is 12.6 Å². The second-order valence-electron chi connectivity index (χ2n) is 2.93. The fourth-order valence-corrected chi connectivity index (χ4v) is 1.34. The van der Waals surface area contributed by atoms with E-state index in [2.05, 4.69) is 38.9 Å². The highest BCUT2D eigenvalue weighted by atomic mass is 79.9. The third-order valence-corrected chi connectivity index (χ3v) is 3.20. The lowest BCUT2D eigenvalue weighted by Gasteiger charge is -2.07. The zero-order chi connectivity index (χ0) is 10.7. The van der Waals surface area contributed by atoms with Gasteiger partial charge in [0.2, 0.25) is 5.91 Å². The molecule has 1 aromatic heterocycles. The first-order chi connectivity index (χ1) is 6.54. The summed E-state index contributed by atoms with van der Waals surface area (Å²) in [6.07, 6.45) is 0. The average molecular weight is 275 g/mol. The molecule has 0 spiro atoms. The molecule has 1 aromatic rings. The predicted octanol–water partition coefficient (Wildman–Crippen LogP) is 2.33. The van der Waals surface area contributed by atoms with Gasteiger partial charge in [0.05, 0.1) is 11.4 Å². The highest BCUT2D eigenvalue weighted by Crippen LogP contribution is 2.21. The lowest BCUT2D eigenvalue weighted by atomic mass is 10.2. The van der Waals surface area contributed by atoms with Crippen molar-refractivity contribution >= 4 is 40.3 Å². The summed E-state index contributed by atoms with van der Waals surface area (Å²) in [4.78, 5) is 15.3. The van der Waals surface area contributed by atoms with Gasteiger partial charge in [-0.1, -0.05) is 0 Å². The summed E-state index contributed by atoms with van der Waals surface area (Å²) in [7, 11) is 0. The molecule has 0 aliphatic rings. The van der Waals surface area contributed by atoms with Gasteiger partial charge >= 0.3 is 0 Å². The lowest BCUT2D eigenvalue weighted by Crippen LogP contribution is -2.14. The number of carbonyl (C=O) groups excluding carboxylic acids is 1. The van der Waals surface area contributed by atoms with Gasteiger partial charge in [-0.25, -0.2) is 4.98 Å². The molecule has 0 atom stereocenters. The van der Waals surface area contributed by atoms with Gasteiger partial charge in [0.25, 0.3) is 0 Å². The molecule has 0 saturated heterocycles. The molecule has 0 unspecified atom stereocenters. The summed E-state index contributed by atoms with van der Waals surface area (Å²) >= 11 is 7.28. The third kappa shape index (κ3) is 2.72. The highest BCUT2D eigenvalue weighted by Gasteiger charge is 2.05. The average Bonchev–Trinajstić information content (AvgIpc) is 2.14. The Morgan fingerprint density at radius 1 is 1.64 bits per heavy atom. The van der Waals surface area contributed by atoms with Crippen molar-refractivity contribution in [3.05, 3.63) is 21.8 Å². The maximum Gasteiger partial charge on any atom is 0.235 e. The fourth-order valence-electron chi connectivity index (χ4n) is 1.06. The van der Waals surface area contributed by atoms with E-state index in [0.29, 0.717) is 5.82 Å². The molecule has 5 heteroatoms. The maximum atomic E-state index is 11.0. The molecule has 76 valence electrons. The minimum atomic E-state index is -0.151. The zero-order valence-corrected chi connectivity index (χ0v) is 10.4. The standard InChI is InChI=1S/C9H11BrN2OS/c1-5-3-7(12-8(13)4-14)11-6(2)9(5)10/h3,14H,4H2,1-2H3,(H,11,12,13). The van der Waals surface area contributed by atoms with Crippen molar-refractivity contribution in [2.75, 3.05) is 11.1 Å². The zero-order valence-electron chi connectivity index (χ0n) is 7.97. The van der Waals surface area contributed by atoms with Gasteiger partial charge in [-0.3, -0.25) is 4.79 Å². The number of thiol groups is 1. The summed E-state index contributed by atoms with van der Waals surface area (Å²) < 4.78 is 0.973. The van der Waals surface area contributed by atoms with Crippen LogP contribution in [0.3, 0.4) is 0 Å². The van der Waals surface area contributed by atoms with E-state index in [1.165, 1.54) is 0 Å². The van der Waals surface area contributed by atoms with Gasteiger partial charge in [-0.15, -0.1) is 0 Å². The first kappa shape index (κ1) is 11.5. The molecule has 1 rings (SSSR count). The van der Waals surface area contributed by atoms with Crippen LogP contribution in [0.15, 0.2) is 10.5 Å². The summed E-state index contributed by atoms with van der Waals surface area (Å²) in [5.74, 6) is 0.583. The van der Waals surface area contributed by atoms with Crippen molar-refractivity contribution in [3.63, 3.8) is 0 Å². The van der Waals surface area contributed by atoms with E-state index in [1.807, 2.05) is 19.9 Å². The summed E-state index contributed by atoms with van der Waals surface area (Å²) in [6, 6.07) is 1.82. The van der Waals surface area contributed by atoms with Crippen molar-refractivity contribution in [2.24, 2.45) is 0 Å². The molecule has 0 aromatic carbocycles. The Balaban J connectivity index is 2.95. The second-order valence-corrected chi connectivity index (χ2v) is 4.04. The Morgan fingerprint density at radius 2 is 2.29 bits per heavy atom. The Bertz CT molecular complexity index is 345. The number of pyridine rings is 1. The van der Waals surface area contributed by atoms with Crippen molar-refractivity contribution in [2.45, 2.75) is 13.8 Å². The molecule has 0 fully saturated rings. The van der Waals surface area contributed by atoms with Crippen molar-refractivity contribution in [1.82, 2.24) is 4.98 Å². The van der Waals surface area contributed by atoms with E-state index >= 15 is 0 Å². The third-order valence-electron chi connectivity index (χ3n) is 1.72. The van der Waals surface area contributed by atoms with Crippen LogP contribution in [0, 0.1) is 13.8 Å². The number of nitrogens with one attached hydrogen (secondary N) is 1. The van der Waals surface area contributed by atoms with E-state index in [0.717, 1.165) is 15.7 Å². The molecule has 0 radical (unpaired) electrons. The van der Waals surface area contributed by atoms with Gasteiger partial charge in [0, 0.05) is 4.47 Å². The van der Waals surface area contributed by atoms with Crippen LogP contribution >= 0.6 is 28.6 Å². The second kappa shape index (κ2) is 4.79. The van der Waals surface area contributed by atoms with Crippen LogP contribution in [0.1, 0.15) is 11.3 Å². The Hall–Kier alpha value is -0.550. The van der Waals surface area contributed by atoms with Crippen LogP contribution in [0.25, 0.3) is 0 Å². The van der Waals surface area contributed by atoms with Crippen molar-refractivity contribution in [3.8, 4) is 0 Å². The number of rotatable bonds is 2. The van der Waals surface area contributed by atoms with E-state index in [-0.39, 0.29) is 11.7 Å². The summed E-state index contributed by atoms with van der Waals surface area (Å²) in [5.41, 5.74) is 1.91. The Kier molecular flexibility index (Phi) is 3.95. The van der Waals surface area contributed by atoms with Crippen molar-refractivity contribution in [1.29, 1.82) is 0 Å². The van der Waals surface area contributed by atoms with Crippen LogP contribution in [0.4, 0.5) is 5.82 Å². The first-order valence-corrected chi connectivity index (χ1v) is 5.51. The molecule has 1 heterocycles. The molecule has 0 saturated carbocycles. The smallest absolute Gasteiger partial charge is 0.235 e. The summed E-state index contributed by atoms with van der Waals surface area (Å²) in [6.45, 7) is 3.84. The fraction of sp³-hybridized carbons (Fsp3) is 0.333. The SMILES string of the molecule is Cc1cc(NC(=O)CS)nc(C)c1Br. The van der Waals surface area contributed by atoms with E-state index < -0.39 is 0 Å². The first-order valence-electron chi connectivity index (χ1n) is 4.09. The topological polar surface area (TPSA) is 42.0 Å². The molecule has 1 N–H and O–H groups in total. The monoisotopic (exact) mass is 274 g/mol.